The number of carbonyl (C=O) groups is 1. The maximum absolute atomic E-state index is 12.8. The number of halogens is 1. The van der Waals surface area contributed by atoms with E-state index < -0.39 is 10.0 Å². The second-order valence-electron chi connectivity index (χ2n) is 6.69. The van der Waals surface area contributed by atoms with Crippen LogP contribution in [0.15, 0.2) is 29.2 Å². The van der Waals surface area contributed by atoms with Gasteiger partial charge in [-0.15, -0.1) is 0 Å². The molecule has 2 saturated heterocycles. The fourth-order valence-corrected chi connectivity index (χ4v) is 5.84. The van der Waals surface area contributed by atoms with Crippen LogP contribution in [0.2, 0.25) is 5.02 Å². The molecule has 1 amide bonds. The van der Waals surface area contributed by atoms with Gasteiger partial charge in [0.15, 0.2) is 0 Å². The molecule has 2 fully saturated rings. The number of hydrogen-bond donors (Lipinski definition) is 0. The van der Waals surface area contributed by atoms with E-state index in [1.165, 1.54) is 0 Å². The summed E-state index contributed by atoms with van der Waals surface area (Å²) in [6, 6.07) is 6.61. The molecule has 0 spiro atoms. The number of benzene rings is 1. The largest absolute Gasteiger partial charge is 0.343 e. The molecule has 5 nitrogen and oxygen atoms in total. The summed E-state index contributed by atoms with van der Waals surface area (Å²) in [6.45, 7) is 4.28. The van der Waals surface area contributed by atoms with E-state index in [1.54, 1.807) is 35.5 Å². The number of rotatable bonds is 3. The van der Waals surface area contributed by atoms with Crippen molar-refractivity contribution in [2.75, 3.05) is 26.2 Å². The van der Waals surface area contributed by atoms with Gasteiger partial charge in [-0.25, -0.2) is 8.42 Å². The van der Waals surface area contributed by atoms with E-state index in [-0.39, 0.29) is 15.8 Å². The Balaban J connectivity index is 1.66. The van der Waals surface area contributed by atoms with Gasteiger partial charge in [-0.05, 0) is 43.2 Å². The quantitative estimate of drug-likeness (QED) is 0.821. The number of nitrogens with zero attached hydrogens (tertiary/aromatic N) is 2. The first-order valence-corrected chi connectivity index (χ1v) is 10.2. The Morgan fingerprint density at radius 1 is 1.08 bits per heavy atom. The highest BCUT2D eigenvalue weighted by Crippen LogP contribution is 2.35. The number of sulfonamides is 1. The molecule has 2 aliphatic heterocycles. The summed E-state index contributed by atoms with van der Waals surface area (Å²) in [5.74, 6) is 0.992. The molecule has 1 atom stereocenters. The van der Waals surface area contributed by atoms with Gasteiger partial charge < -0.3 is 4.90 Å². The zero-order valence-corrected chi connectivity index (χ0v) is 15.4. The van der Waals surface area contributed by atoms with Crippen LogP contribution in [-0.2, 0) is 14.8 Å². The normalized spacial score (nSPS) is 23.6. The highest BCUT2D eigenvalue weighted by atomic mass is 35.5. The third-order valence-corrected chi connectivity index (χ3v) is 7.66. The summed E-state index contributed by atoms with van der Waals surface area (Å²) in [7, 11) is -3.53. The second-order valence-corrected chi connectivity index (χ2v) is 9.00. The molecule has 3 rings (SSSR count). The molecule has 2 heterocycles. The van der Waals surface area contributed by atoms with Crippen molar-refractivity contribution < 1.29 is 13.2 Å². The van der Waals surface area contributed by atoms with Crippen LogP contribution in [0, 0.1) is 11.8 Å². The summed E-state index contributed by atoms with van der Waals surface area (Å²) >= 11 is 6.07. The maximum Gasteiger partial charge on any atom is 0.244 e. The minimum atomic E-state index is -3.53. The Morgan fingerprint density at radius 2 is 1.71 bits per heavy atom. The molecule has 132 valence electrons. The van der Waals surface area contributed by atoms with Gasteiger partial charge in [-0.1, -0.05) is 23.7 Å². The molecule has 24 heavy (non-hydrogen) atoms. The van der Waals surface area contributed by atoms with Crippen molar-refractivity contribution in [1.82, 2.24) is 9.21 Å². The molecule has 1 unspecified atom stereocenters. The minimum absolute atomic E-state index is 0.128. The molecule has 1 aromatic rings. The van der Waals surface area contributed by atoms with Crippen LogP contribution in [0.25, 0.3) is 0 Å². The third kappa shape index (κ3) is 3.46. The van der Waals surface area contributed by atoms with E-state index in [2.05, 4.69) is 0 Å². The predicted molar refractivity (Wildman–Crippen MR) is 93.3 cm³/mol. The van der Waals surface area contributed by atoms with Gasteiger partial charge in [0.2, 0.25) is 15.9 Å². The van der Waals surface area contributed by atoms with Crippen molar-refractivity contribution in [1.29, 1.82) is 0 Å². The molecule has 0 N–H and O–H groups in total. The molecule has 1 aromatic carbocycles. The summed E-state index contributed by atoms with van der Waals surface area (Å²) in [4.78, 5) is 13.5. The lowest BCUT2D eigenvalue weighted by Gasteiger charge is -2.34. The van der Waals surface area contributed by atoms with E-state index in [4.69, 9.17) is 11.6 Å². The van der Waals surface area contributed by atoms with Gasteiger partial charge in [0.25, 0.3) is 0 Å². The van der Waals surface area contributed by atoms with Crippen molar-refractivity contribution >= 4 is 27.5 Å². The standard InChI is InChI=1S/C17H23ClN2O3S/c1-13(21)19-9-6-14(7-10-19)15-8-11-20(12-15)24(22,23)17-5-3-2-4-16(17)18/h2-5,14-15H,6-12H2,1H3. The first kappa shape index (κ1) is 17.7. The first-order valence-electron chi connectivity index (χ1n) is 8.40. The Bertz CT molecular complexity index is 714. The molecule has 0 radical (unpaired) electrons. The van der Waals surface area contributed by atoms with Gasteiger partial charge in [0.05, 0.1) is 5.02 Å². The van der Waals surface area contributed by atoms with Crippen LogP contribution in [0.4, 0.5) is 0 Å². The summed E-state index contributed by atoms with van der Waals surface area (Å²) in [5, 5.41) is 0.274. The fraction of sp³-hybridized carbons (Fsp3) is 0.588. The van der Waals surface area contributed by atoms with Crippen molar-refractivity contribution in [2.45, 2.75) is 31.1 Å². The zero-order chi connectivity index (χ0) is 17.3. The molecule has 0 aliphatic carbocycles. The zero-order valence-electron chi connectivity index (χ0n) is 13.8. The van der Waals surface area contributed by atoms with E-state index in [9.17, 15) is 13.2 Å². The van der Waals surface area contributed by atoms with Gasteiger partial charge in [-0.2, -0.15) is 4.31 Å². The SMILES string of the molecule is CC(=O)N1CCC(C2CCN(S(=O)(=O)c3ccccc3Cl)C2)CC1. The monoisotopic (exact) mass is 370 g/mol. The maximum atomic E-state index is 12.8. The number of carbonyl (C=O) groups excluding carboxylic acids is 1. The van der Waals surface area contributed by atoms with E-state index >= 15 is 0 Å². The molecule has 0 bridgehead atoms. The summed E-state index contributed by atoms with van der Waals surface area (Å²) in [5.41, 5.74) is 0. The topological polar surface area (TPSA) is 57.7 Å². The second kappa shape index (κ2) is 7.02. The lowest BCUT2D eigenvalue weighted by Crippen LogP contribution is -2.39. The Hall–Kier alpha value is -1.11. The number of piperidine rings is 1. The Labute approximate surface area is 148 Å². The predicted octanol–water partition coefficient (Wildman–Crippen LogP) is 2.61. The highest BCUT2D eigenvalue weighted by molar-refractivity contribution is 7.89. The van der Waals surface area contributed by atoms with Crippen LogP contribution in [0.1, 0.15) is 26.2 Å². The lowest BCUT2D eigenvalue weighted by atomic mass is 9.84. The Morgan fingerprint density at radius 3 is 2.33 bits per heavy atom. The molecule has 7 heteroatoms. The molecular weight excluding hydrogens is 348 g/mol. The van der Waals surface area contributed by atoms with Gasteiger partial charge in [0.1, 0.15) is 4.90 Å². The van der Waals surface area contributed by atoms with Gasteiger partial charge in [-0.3, -0.25) is 4.79 Å². The van der Waals surface area contributed by atoms with E-state index in [1.807, 2.05) is 4.90 Å². The van der Waals surface area contributed by atoms with Crippen LogP contribution in [0.3, 0.4) is 0 Å². The number of likely N-dealkylation sites (tertiary alicyclic amines) is 1. The number of hydrogen-bond acceptors (Lipinski definition) is 3. The average Bonchev–Trinajstić information content (AvgIpc) is 3.06. The molecular formula is C17H23ClN2O3S. The average molecular weight is 371 g/mol. The van der Waals surface area contributed by atoms with Crippen molar-refractivity contribution in [3.8, 4) is 0 Å². The van der Waals surface area contributed by atoms with E-state index in [0.717, 1.165) is 32.4 Å². The van der Waals surface area contributed by atoms with Crippen LogP contribution < -0.4 is 0 Å². The minimum Gasteiger partial charge on any atom is -0.343 e. The number of amides is 1. The lowest BCUT2D eigenvalue weighted by molar-refractivity contribution is -0.130. The summed E-state index contributed by atoms with van der Waals surface area (Å²) in [6.07, 6.45) is 2.81. The fourth-order valence-electron chi connectivity index (χ4n) is 3.84. The first-order chi connectivity index (χ1) is 11.4. The van der Waals surface area contributed by atoms with Crippen LogP contribution in [0.5, 0.6) is 0 Å². The summed E-state index contributed by atoms with van der Waals surface area (Å²) < 4.78 is 27.2. The van der Waals surface area contributed by atoms with Crippen LogP contribution in [-0.4, -0.2) is 49.7 Å². The molecule has 0 aromatic heterocycles. The smallest absolute Gasteiger partial charge is 0.244 e. The Kier molecular flexibility index (Phi) is 5.18. The van der Waals surface area contributed by atoms with E-state index in [0.29, 0.717) is 24.9 Å². The van der Waals surface area contributed by atoms with Crippen molar-refractivity contribution in [3.05, 3.63) is 29.3 Å². The molecule has 0 saturated carbocycles. The van der Waals surface area contributed by atoms with Gasteiger partial charge >= 0.3 is 0 Å². The van der Waals surface area contributed by atoms with Crippen LogP contribution >= 0.6 is 11.6 Å². The van der Waals surface area contributed by atoms with Crippen molar-refractivity contribution in [2.24, 2.45) is 11.8 Å². The third-order valence-electron chi connectivity index (χ3n) is 5.29. The van der Waals surface area contributed by atoms with Gasteiger partial charge in [0, 0.05) is 33.1 Å². The highest BCUT2D eigenvalue weighted by Gasteiger charge is 2.38. The molecule has 2 aliphatic rings. The van der Waals surface area contributed by atoms with Crippen molar-refractivity contribution in [3.63, 3.8) is 0 Å².